The van der Waals surface area contributed by atoms with Crippen LogP contribution in [0.1, 0.15) is 232 Å². The van der Waals surface area contributed by atoms with Crippen LogP contribution in [0.25, 0.3) is 0 Å². The van der Waals surface area contributed by atoms with E-state index in [1.54, 1.807) is 6.08 Å². The van der Waals surface area contributed by atoms with Gasteiger partial charge in [0.1, 0.15) is 73.2 Å². The number of carbonyl (C=O) groups is 1. The first-order valence-electron chi connectivity index (χ1n) is 34.0. The van der Waals surface area contributed by atoms with E-state index in [1.165, 1.54) is 122 Å². The topological polar surface area (TPSA) is 307 Å². The predicted molar refractivity (Wildman–Crippen MR) is 337 cm³/mol. The van der Waals surface area contributed by atoms with Gasteiger partial charge in [0, 0.05) is 6.42 Å². The van der Waals surface area contributed by atoms with Crippen molar-refractivity contribution in [3.05, 3.63) is 60.8 Å². The number of carbonyl (C=O) groups excluding carboxylic acids is 1. The lowest BCUT2D eigenvalue weighted by Crippen LogP contribution is -2.66. The fraction of sp³-hybridized carbons (Fsp3) is 0.838. The van der Waals surface area contributed by atoms with Crippen molar-refractivity contribution in [3.8, 4) is 0 Å². The van der Waals surface area contributed by atoms with E-state index in [-0.39, 0.29) is 18.9 Å². The summed E-state index contributed by atoms with van der Waals surface area (Å²) in [7, 11) is 0. The van der Waals surface area contributed by atoms with Gasteiger partial charge in [-0.25, -0.2) is 0 Å². The van der Waals surface area contributed by atoms with E-state index in [4.69, 9.17) is 28.4 Å². The molecule has 3 rings (SSSR count). The Morgan fingerprint density at radius 1 is 0.425 bits per heavy atom. The monoisotopic (exact) mass is 1240 g/mol. The maximum Gasteiger partial charge on any atom is 0.220 e. The van der Waals surface area contributed by atoms with Crippen molar-refractivity contribution in [2.24, 2.45) is 0 Å². The Labute approximate surface area is 522 Å². The maximum atomic E-state index is 13.4. The van der Waals surface area contributed by atoms with E-state index < -0.39 is 124 Å². The molecule has 0 spiro atoms. The van der Waals surface area contributed by atoms with Crippen LogP contribution < -0.4 is 5.32 Å². The van der Waals surface area contributed by atoms with Crippen LogP contribution in [0.4, 0.5) is 0 Å². The highest BCUT2D eigenvalue weighted by atomic mass is 16.8. The molecule has 3 fully saturated rings. The number of aliphatic hydroxyl groups is 11. The molecule has 19 heteroatoms. The summed E-state index contributed by atoms with van der Waals surface area (Å²) in [6.45, 7) is 1.62. The standard InChI is InChI=1S/C68H121NO18/c1-3-5-7-9-11-13-15-17-19-21-23-24-25-26-28-30-32-34-36-38-40-42-44-46-56(74)69-51(52(73)45-43-41-39-37-35-33-31-29-27-22-20-18-16-14-12-10-8-6-4-2)50-82-66-62(80)59(77)64(54(48-71)84-66)87-68-63(81)60(78)65(55(49-72)85-68)86-67-61(79)58(76)57(75)53(47-70)83-67/h5,7,11,13,17,19,23-24,43,45,51-55,57-68,70-73,75-81H,3-4,6,8-10,12,14-16,18,20-22,25-42,44,46-50H2,1-2H3,(H,69,74)/b7-5-,13-11-,19-17-,24-23-,45-43+. The second-order valence-corrected chi connectivity index (χ2v) is 24.3. The van der Waals surface area contributed by atoms with E-state index >= 15 is 0 Å². The molecule has 87 heavy (non-hydrogen) atoms. The van der Waals surface area contributed by atoms with E-state index in [9.17, 15) is 61.0 Å². The average Bonchev–Trinajstić information content (AvgIpc) is 2.58. The van der Waals surface area contributed by atoms with Crippen LogP contribution in [-0.4, -0.2) is 193 Å². The summed E-state index contributed by atoms with van der Waals surface area (Å²) in [5.74, 6) is -0.281. The number of hydrogen-bond donors (Lipinski definition) is 12. The Kier molecular flexibility index (Phi) is 45.3. The molecule has 0 aromatic rings. The van der Waals surface area contributed by atoms with Gasteiger partial charge in [-0.05, 0) is 57.8 Å². The number of allylic oxidation sites excluding steroid dienone is 9. The number of rotatable bonds is 51. The van der Waals surface area contributed by atoms with E-state index in [0.29, 0.717) is 6.42 Å². The molecule has 12 N–H and O–H groups in total. The second kappa shape index (κ2) is 50.1. The largest absolute Gasteiger partial charge is 0.394 e. The van der Waals surface area contributed by atoms with Gasteiger partial charge < -0.3 is 89.9 Å². The molecule has 19 nitrogen and oxygen atoms in total. The first-order valence-corrected chi connectivity index (χ1v) is 34.0. The average molecular weight is 1240 g/mol. The third-order valence-corrected chi connectivity index (χ3v) is 16.8. The second-order valence-electron chi connectivity index (χ2n) is 24.3. The Hall–Kier alpha value is -2.51. The highest BCUT2D eigenvalue weighted by Gasteiger charge is 2.53. The minimum absolute atomic E-state index is 0.236. The first kappa shape index (κ1) is 78.7. The van der Waals surface area contributed by atoms with Crippen LogP contribution in [0, 0.1) is 0 Å². The van der Waals surface area contributed by atoms with Gasteiger partial charge >= 0.3 is 0 Å². The van der Waals surface area contributed by atoms with Gasteiger partial charge in [-0.2, -0.15) is 0 Å². The summed E-state index contributed by atoms with van der Waals surface area (Å²) < 4.78 is 34.3. The normalized spacial score (nSPS) is 29.0. The number of hydrogen-bond acceptors (Lipinski definition) is 18. The van der Waals surface area contributed by atoms with Crippen LogP contribution in [0.3, 0.4) is 0 Å². The van der Waals surface area contributed by atoms with E-state index in [2.05, 4.69) is 67.8 Å². The fourth-order valence-electron chi connectivity index (χ4n) is 11.3. The van der Waals surface area contributed by atoms with Crippen LogP contribution in [-0.2, 0) is 33.2 Å². The van der Waals surface area contributed by atoms with Crippen molar-refractivity contribution in [1.82, 2.24) is 5.32 Å². The summed E-state index contributed by atoms with van der Waals surface area (Å²) in [5, 5.41) is 120. The van der Waals surface area contributed by atoms with Gasteiger partial charge in [0.25, 0.3) is 0 Å². The van der Waals surface area contributed by atoms with Crippen molar-refractivity contribution in [2.45, 2.75) is 336 Å². The zero-order valence-corrected chi connectivity index (χ0v) is 53.2. The van der Waals surface area contributed by atoms with Crippen LogP contribution in [0.5, 0.6) is 0 Å². The lowest BCUT2D eigenvalue weighted by molar-refractivity contribution is -0.379. The molecule has 0 bridgehead atoms. The Morgan fingerprint density at radius 2 is 0.793 bits per heavy atom. The van der Waals surface area contributed by atoms with E-state index in [1.807, 2.05) is 6.08 Å². The summed E-state index contributed by atoms with van der Waals surface area (Å²) >= 11 is 0. The molecule has 17 unspecified atom stereocenters. The molecule has 506 valence electrons. The number of unbranched alkanes of at least 4 members (excludes halogenated alkanes) is 27. The van der Waals surface area contributed by atoms with Gasteiger partial charge in [-0.1, -0.05) is 229 Å². The zero-order chi connectivity index (χ0) is 63.3. The lowest BCUT2D eigenvalue weighted by Gasteiger charge is -2.48. The predicted octanol–water partition coefficient (Wildman–Crippen LogP) is 8.38. The van der Waals surface area contributed by atoms with Gasteiger partial charge in [0.05, 0.1) is 38.6 Å². The molecule has 0 aliphatic carbocycles. The molecule has 0 aromatic heterocycles. The first-order chi connectivity index (χ1) is 42.3. The number of amides is 1. The van der Waals surface area contributed by atoms with Gasteiger partial charge in [-0.15, -0.1) is 0 Å². The van der Waals surface area contributed by atoms with Crippen molar-refractivity contribution in [2.75, 3.05) is 26.4 Å². The summed E-state index contributed by atoms with van der Waals surface area (Å²) in [6.07, 6.45) is 33.3. The quantitative estimate of drug-likeness (QED) is 0.0201. The molecule has 0 aromatic carbocycles. The summed E-state index contributed by atoms with van der Waals surface area (Å²) in [5.41, 5.74) is 0. The number of ether oxygens (including phenoxy) is 6. The highest BCUT2D eigenvalue weighted by molar-refractivity contribution is 5.76. The molecule has 3 aliphatic rings. The summed E-state index contributed by atoms with van der Waals surface area (Å²) in [6, 6.07) is -0.978. The molecule has 1 amide bonds. The van der Waals surface area contributed by atoms with Gasteiger partial charge in [0.15, 0.2) is 18.9 Å². The molecule has 3 saturated heterocycles. The molecule has 17 atom stereocenters. The number of aliphatic hydroxyl groups excluding tert-OH is 11. The number of nitrogens with one attached hydrogen (secondary N) is 1. The maximum absolute atomic E-state index is 13.4. The molecular weight excluding hydrogens is 1120 g/mol. The molecule has 0 radical (unpaired) electrons. The molecule has 3 aliphatic heterocycles. The zero-order valence-electron chi connectivity index (χ0n) is 53.2. The Balaban J connectivity index is 1.46. The van der Waals surface area contributed by atoms with Crippen LogP contribution in [0.15, 0.2) is 60.8 Å². The molecule has 3 heterocycles. The third kappa shape index (κ3) is 32.6. The Bertz CT molecular complexity index is 1820. The van der Waals surface area contributed by atoms with E-state index in [0.717, 1.165) is 83.5 Å². The molecule has 0 saturated carbocycles. The SMILES string of the molecule is CC/C=C\C/C=C\C/C=C\C/C=C\CCCCCCCCCCCCC(=O)NC(COC1OC(CO)C(OC2OC(CO)C(OC3OC(CO)C(O)C(O)C3O)C(O)C2O)C(O)C1O)C(O)/C=C/CCCCCCCCCCCCCCCCCCC. The fourth-order valence-corrected chi connectivity index (χ4v) is 11.3. The highest BCUT2D eigenvalue weighted by Crippen LogP contribution is 2.33. The Morgan fingerprint density at radius 3 is 1.24 bits per heavy atom. The third-order valence-electron chi connectivity index (χ3n) is 16.8. The summed E-state index contributed by atoms with van der Waals surface area (Å²) in [4.78, 5) is 13.4. The van der Waals surface area contributed by atoms with Gasteiger partial charge in [0.2, 0.25) is 5.91 Å². The van der Waals surface area contributed by atoms with Crippen LogP contribution in [0.2, 0.25) is 0 Å². The minimum atomic E-state index is -1.98. The van der Waals surface area contributed by atoms with Crippen molar-refractivity contribution < 1.29 is 89.4 Å². The van der Waals surface area contributed by atoms with Crippen molar-refractivity contribution >= 4 is 5.91 Å². The van der Waals surface area contributed by atoms with Crippen molar-refractivity contribution in [3.63, 3.8) is 0 Å². The lowest BCUT2D eigenvalue weighted by atomic mass is 9.96. The smallest absolute Gasteiger partial charge is 0.220 e. The van der Waals surface area contributed by atoms with Crippen molar-refractivity contribution in [1.29, 1.82) is 0 Å². The minimum Gasteiger partial charge on any atom is -0.394 e. The van der Waals surface area contributed by atoms with Gasteiger partial charge in [-0.3, -0.25) is 4.79 Å². The van der Waals surface area contributed by atoms with Crippen LogP contribution >= 0.6 is 0 Å². The molecular formula is C68H121NO18.